The third kappa shape index (κ3) is 2.65. The Bertz CT molecular complexity index is 233. The van der Waals surface area contributed by atoms with Crippen molar-refractivity contribution in [1.82, 2.24) is 0 Å². The topological polar surface area (TPSA) is 0 Å². The zero-order valence-corrected chi connectivity index (χ0v) is 7.73. The molecule has 1 heteroatoms. The highest BCUT2D eigenvalue weighted by atomic mass is 19.1. The lowest BCUT2D eigenvalue weighted by Crippen LogP contribution is -1.87. The van der Waals surface area contributed by atoms with E-state index in [1.165, 1.54) is 0 Å². The zero-order chi connectivity index (χ0) is 8.97. The summed E-state index contributed by atoms with van der Waals surface area (Å²) >= 11 is 0. The summed E-state index contributed by atoms with van der Waals surface area (Å²) in [6, 6.07) is 5.25. The van der Waals surface area contributed by atoms with E-state index in [-0.39, 0.29) is 5.82 Å². The first-order valence-corrected chi connectivity index (χ1v) is 4.48. The second-order valence-electron chi connectivity index (χ2n) is 3.24. The molecule has 0 aliphatic carbocycles. The minimum absolute atomic E-state index is 0.110. The molecule has 0 N–H and O–H groups in total. The van der Waals surface area contributed by atoms with E-state index in [0.29, 0.717) is 0 Å². The molecule has 0 amide bonds. The SMILES string of the molecule is CCCCc1cc(C)cc(F)c1. The van der Waals surface area contributed by atoms with Crippen LogP contribution in [-0.2, 0) is 6.42 Å². The first kappa shape index (κ1) is 9.24. The van der Waals surface area contributed by atoms with Crippen molar-refractivity contribution in [3.05, 3.63) is 35.1 Å². The van der Waals surface area contributed by atoms with E-state index in [0.717, 1.165) is 30.4 Å². The molecule has 0 aliphatic rings. The van der Waals surface area contributed by atoms with Crippen molar-refractivity contribution in [2.75, 3.05) is 0 Å². The van der Waals surface area contributed by atoms with Crippen LogP contribution in [0.3, 0.4) is 0 Å². The van der Waals surface area contributed by atoms with Gasteiger partial charge < -0.3 is 0 Å². The fraction of sp³-hybridized carbons (Fsp3) is 0.455. The van der Waals surface area contributed by atoms with Crippen LogP contribution in [0.1, 0.15) is 30.9 Å². The molecule has 0 fully saturated rings. The van der Waals surface area contributed by atoms with Crippen molar-refractivity contribution in [2.45, 2.75) is 33.1 Å². The number of rotatable bonds is 3. The predicted octanol–water partition coefficient (Wildman–Crippen LogP) is 3.48. The van der Waals surface area contributed by atoms with Crippen LogP contribution in [0.2, 0.25) is 0 Å². The van der Waals surface area contributed by atoms with Gasteiger partial charge in [-0.05, 0) is 43.0 Å². The summed E-state index contributed by atoms with van der Waals surface area (Å²) in [5.41, 5.74) is 2.13. The normalized spacial score (nSPS) is 10.2. The highest BCUT2D eigenvalue weighted by Crippen LogP contribution is 2.10. The van der Waals surface area contributed by atoms with Crippen LogP contribution in [-0.4, -0.2) is 0 Å². The number of hydrogen-bond donors (Lipinski definition) is 0. The molecule has 12 heavy (non-hydrogen) atoms. The number of halogens is 1. The van der Waals surface area contributed by atoms with Crippen molar-refractivity contribution in [3.8, 4) is 0 Å². The maximum Gasteiger partial charge on any atom is 0.123 e. The van der Waals surface area contributed by atoms with E-state index in [1.54, 1.807) is 12.1 Å². The summed E-state index contributed by atoms with van der Waals surface area (Å²) < 4.78 is 12.9. The van der Waals surface area contributed by atoms with Crippen LogP contribution in [0.4, 0.5) is 4.39 Å². The molecular formula is C11H15F. The summed E-state index contributed by atoms with van der Waals surface area (Å²) in [6.07, 6.45) is 3.30. The quantitative estimate of drug-likeness (QED) is 0.645. The Morgan fingerprint density at radius 2 is 2.00 bits per heavy atom. The van der Waals surface area contributed by atoms with Gasteiger partial charge in [0.05, 0.1) is 0 Å². The van der Waals surface area contributed by atoms with Crippen LogP contribution < -0.4 is 0 Å². The fourth-order valence-corrected chi connectivity index (χ4v) is 1.34. The highest BCUT2D eigenvalue weighted by Gasteiger charge is 1.96. The number of aryl methyl sites for hydroxylation is 2. The standard InChI is InChI=1S/C11H15F/c1-3-4-5-10-6-9(2)7-11(12)8-10/h6-8H,3-5H2,1-2H3. The average Bonchev–Trinajstić information content (AvgIpc) is 1.99. The molecule has 0 saturated carbocycles. The molecule has 1 rings (SSSR count). The zero-order valence-electron chi connectivity index (χ0n) is 7.73. The van der Waals surface area contributed by atoms with Crippen LogP contribution >= 0.6 is 0 Å². The summed E-state index contributed by atoms with van der Waals surface area (Å²) in [4.78, 5) is 0. The van der Waals surface area contributed by atoms with Gasteiger partial charge in [-0.1, -0.05) is 19.4 Å². The van der Waals surface area contributed by atoms with Gasteiger partial charge in [0.25, 0.3) is 0 Å². The summed E-state index contributed by atoms with van der Waals surface area (Å²) in [5.74, 6) is -0.110. The average molecular weight is 166 g/mol. The molecule has 0 atom stereocenters. The molecule has 0 saturated heterocycles. The van der Waals surface area contributed by atoms with Gasteiger partial charge in [-0.25, -0.2) is 4.39 Å². The molecular weight excluding hydrogens is 151 g/mol. The maximum absolute atomic E-state index is 12.9. The van der Waals surface area contributed by atoms with Gasteiger partial charge in [0, 0.05) is 0 Å². The minimum Gasteiger partial charge on any atom is -0.207 e. The van der Waals surface area contributed by atoms with Crippen molar-refractivity contribution in [3.63, 3.8) is 0 Å². The third-order valence-corrected chi connectivity index (χ3v) is 1.92. The van der Waals surface area contributed by atoms with Crippen LogP contribution in [0.15, 0.2) is 18.2 Å². The molecule has 66 valence electrons. The molecule has 0 aliphatic heterocycles. The molecule has 0 bridgehead atoms. The van der Waals surface area contributed by atoms with E-state index in [2.05, 4.69) is 13.0 Å². The molecule has 1 aromatic carbocycles. The van der Waals surface area contributed by atoms with E-state index >= 15 is 0 Å². The largest absolute Gasteiger partial charge is 0.207 e. The van der Waals surface area contributed by atoms with Crippen molar-refractivity contribution >= 4 is 0 Å². The second kappa shape index (κ2) is 4.24. The van der Waals surface area contributed by atoms with Crippen LogP contribution in [0, 0.1) is 12.7 Å². The number of unbranched alkanes of at least 4 members (excludes halogenated alkanes) is 1. The first-order chi connectivity index (χ1) is 5.72. The van der Waals surface area contributed by atoms with Crippen molar-refractivity contribution in [2.24, 2.45) is 0 Å². The lowest BCUT2D eigenvalue weighted by atomic mass is 10.1. The van der Waals surface area contributed by atoms with Gasteiger partial charge in [-0.15, -0.1) is 0 Å². The molecule has 0 nitrogen and oxygen atoms in total. The number of hydrogen-bond acceptors (Lipinski definition) is 0. The molecule has 0 heterocycles. The summed E-state index contributed by atoms with van der Waals surface area (Å²) in [7, 11) is 0. The van der Waals surface area contributed by atoms with Gasteiger partial charge in [0.15, 0.2) is 0 Å². The van der Waals surface area contributed by atoms with E-state index < -0.39 is 0 Å². The fourth-order valence-electron chi connectivity index (χ4n) is 1.34. The van der Waals surface area contributed by atoms with Gasteiger partial charge in [-0.3, -0.25) is 0 Å². The molecule has 1 aromatic rings. The van der Waals surface area contributed by atoms with Crippen LogP contribution in [0.5, 0.6) is 0 Å². The van der Waals surface area contributed by atoms with Gasteiger partial charge >= 0.3 is 0 Å². The predicted molar refractivity (Wildman–Crippen MR) is 49.7 cm³/mol. The molecule has 0 unspecified atom stereocenters. The van der Waals surface area contributed by atoms with Gasteiger partial charge in [-0.2, -0.15) is 0 Å². The van der Waals surface area contributed by atoms with E-state index in [1.807, 2.05) is 6.92 Å². The number of benzene rings is 1. The Labute approximate surface area is 73.4 Å². The minimum atomic E-state index is -0.110. The third-order valence-electron chi connectivity index (χ3n) is 1.92. The second-order valence-corrected chi connectivity index (χ2v) is 3.24. The van der Waals surface area contributed by atoms with Crippen molar-refractivity contribution < 1.29 is 4.39 Å². The molecule has 0 spiro atoms. The van der Waals surface area contributed by atoms with E-state index in [4.69, 9.17) is 0 Å². The van der Waals surface area contributed by atoms with Crippen LogP contribution in [0.25, 0.3) is 0 Å². The molecule has 0 aromatic heterocycles. The van der Waals surface area contributed by atoms with E-state index in [9.17, 15) is 4.39 Å². The molecule has 0 radical (unpaired) electrons. The maximum atomic E-state index is 12.9. The summed E-state index contributed by atoms with van der Waals surface area (Å²) in [5, 5.41) is 0. The monoisotopic (exact) mass is 166 g/mol. The highest BCUT2D eigenvalue weighted by molar-refractivity contribution is 5.23. The van der Waals surface area contributed by atoms with Gasteiger partial charge in [0.1, 0.15) is 5.82 Å². The lowest BCUT2D eigenvalue weighted by Gasteiger charge is -2.01. The lowest BCUT2D eigenvalue weighted by molar-refractivity contribution is 0.623. The smallest absolute Gasteiger partial charge is 0.123 e. The Balaban J connectivity index is 2.72. The Kier molecular flexibility index (Phi) is 3.27. The Hall–Kier alpha value is -0.850. The first-order valence-electron chi connectivity index (χ1n) is 4.48. The van der Waals surface area contributed by atoms with Crippen molar-refractivity contribution in [1.29, 1.82) is 0 Å². The van der Waals surface area contributed by atoms with Gasteiger partial charge in [0.2, 0.25) is 0 Å². The summed E-state index contributed by atoms with van der Waals surface area (Å²) in [6.45, 7) is 4.07. The Morgan fingerprint density at radius 3 is 2.58 bits per heavy atom. The Morgan fingerprint density at radius 1 is 1.25 bits per heavy atom.